The summed E-state index contributed by atoms with van der Waals surface area (Å²) in [6, 6.07) is 3.62. The number of hydrogen-bond donors (Lipinski definition) is 0. The van der Waals surface area contributed by atoms with Gasteiger partial charge in [0.1, 0.15) is 0 Å². The van der Waals surface area contributed by atoms with Crippen molar-refractivity contribution in [2.75, 3.05) is 11.5 Å². The minimum Gasteiger partial charge on any atom is -0.229 e. The van der Waals surface area contributed by atoms with Gasteiger partial charge in [-0.25, -0.2) is 8.42 Å². The SMILES string of the molecule is O=S1(=O)CCC(c2cccnn2)C1. The lowest BCUT2D eigenvalue weighted by molar-refractivity contribution is 0.601. The number of sulfone groups is 1. The topological polar surface area (TPSA) is 59.9 Å². The van der Waals surface area contributed by atoms with Gasteiger partial charge in [-0.1, -0.05) is 0 Å². The van der Waals surface area contributed by atoms with Crippen LogP contribution in [-0.2, 0) is 9.84 Å². The van der Waals surface area contributed by atoms with Crippen molar-refractivity contribution in [3.8, 4) is 0 Å². The van der Waals surface area contributed by atoms with Gasteiger partial charge in [-0.2, -0.15) is 10.2 Å². The Morgan fingerprint density at radius 3 is 2.85 bits per heavy atom. The highest BCUT2D eigenvalue weighted by Crippen LogP contribution is 2.26. The van der Waals surface area contributed by atoms with Crippen LogP contribution >= 0.6 is 0 Å². The Bertz CT molecular complexity index is 388. The molecule has 1 saturated heterocycles. The van der Waals surface area contributed by atoms with E-state index in [1.165, 1.54) is 0 Å². The summed E-state index contributed by atoms with van der Waals surface area (Å²) < 4.78 is 22.3. The van der Waals surface area contributed by atoms with Crippen molar-refractivity contribution in [1.29, 1.82) is 0 Å². The predicted octanol–water partition coefficient (Wildman–Crippen LogP) is 0.379. The van der Waals surface area contributed by atoms with Crippen LogP contribution in [0.5, 0.6) is 0 Å². The Balaban J connectivity index is 2.22. The molecule has 0 N–H and O–H groups in total. The van der Waals surface area contributed by atoms with E-state index in [4.69, 9.17) is 0 Å². The van der Waals surface area contributed by atoms with Crippen molar-refractivity contribution in [3.63, 3.8) is 0 Å². The normalized spacial score (nSPS) is 26.0. The highest BCUT2D eigenvalue weighted by molar-refractivity contribution is 7.91. The van der Waals surface area contributed by atoms with E-state index in [1.54, 1.807) is 12.3 Å². The molecule has 0 aromatic carbocycles. The van der Waals surface area contributed by atoms with E-state index in [0.717, 1.165) is 5.69 Å². The summed E-state index contributed by atoms with van der Waals surface area (Å²) in [7, 11) is -2.81. The van der Waals surface area contributed by atoms with Gasteiger partial charge in [-0.3, -0.25) is 0 Å². The third kappa shape index (κ3) is 1.85. The van der Waals surface area contributed by atoms with Crippen LogP contribution in [0.4, 0.5) is 0 Å². The average Bonchev–Trinajstić information content (AvgIpc) is 2.48. The zero-order valence-corrected chi connectivity index (χ0v) is 7.87. The second kappa shape index (κ2) is 3.06. The molecule has 2 rings (SSSR count). The summed E-state index contributed by atoms with van der Waals surface area (Å²) in [5.74, 6) is 0.568. The van der Waals surface area contributed by atoms with Gasteiger partial charge in [0.15, 0.2) is 9.84 Å². The molecule has 13 heavy (non-hydrogen) atoms. The molecule has 0 saturated carbocycles. The third-order valence-corrected chi connectivity index (χ3v) is 4.01. The Labute approximate surface area is 76.9 Å². The van der Waals surface area contributed by atoms with Gasteiger partial charge >= 0.3 is 0 Å². The molecule has 4 nitrogen and oxygen atoms in total. The fourth-order valence-electron chi connectivity index (χ4n) is 1.56. The van der Waals surface area contributed by atoms with Crippen molar-refractivity contribution in [3.05, 3.63) is 24.0 Å². The molecule has 0 spiro atoms. The van der Waals surface area contributed by atoms with Gasteiger partial charge in [0.05, 0.1) is 17.2 Å². The summed E-state index contributed by atoms with van der Waals surface area (Å²) in [5.41, 5.74) is 0.795. The molecule has 2 heterocycles. The number of rotatable bonds is 1. The van der Waals surface area contributed by atoms with Crippen LogP contribution in [0.1, 0.15) is 18.0 Å². The molecule has 1 atom stereocenters. The van der Waals surface area contributed by atoms with Crippen LogP contribution in [-0.4, -0.2) is 30.1 Å². The van der Waals surface area contributed by atoms with E-state index >= 15 is 0 Å². The average molecular weight is 198 g/mol. The minimum absolute atomic E-state index is 0.0544. The van der Waals surface area contributed by atoms with Crippen LogP contribution in [0.3, 0.4) is 0 Å². The van der Waals surface area contributed by atoms with Gasteiger partial charge in [0.2, 0.25) is 0 Å². The molecule has 1 aliphatic rings. The Hall–Kier alpha value is -0.970. The lowest BCUT2D eigenvalue weighted by Crippen LogP contribution is -2.05. The van der Waals surface area contributed by atoms with E-state index in [9.17, 15) is 8.42 Å². The molecule has 1 fully saturated rings. The largest absolute Gasteiger partial charge is 0.229 e. The van der Waals surface area contributed by atoms with E-state index in [2.05, 4.69) is 10.2 Å². The number of aromatic nitrogens is 2. The first-order chi connectivity index (χ1) is 6.17. The van der Waals surface area contributed by atoms with E-state index in [1.807, 2.05) is 6.07 Å². The molecule has 0 amide bonds. The molecule has 1 aromatic heterocycles. The van der Waals surface area contributed by atoms with Crippen molar-refractivity contribution in [2.45, 2.75) is 12.3 Å². The third-order valence-electron chi connectivity index (χ3n) is 2.24. The first-order valence-electron chi connectivity index (χ1n) is 4.15. The van der Waals surface area contributed by atoms with Gasteiger partial charge in [-0.15, -0.1) is 0 Å². The second-order valence-electron chi connectivity index (χ2n) is 3.25. The van der Waals surface area contributed by atoms with Crippen LogP contribution in [0.15, 0.2) is 18.3 Å². The van der Waals surface area contributed by atoms with Crippen LogP contribution in [0.2, 0.25) is 0 Å². The summed E-state index contributed by atoms with van der Waals surface area (Å²) in [5, 5.41) is 7.64. The Morgan fingerprint density at radius 1 is 1.46 bits per heavy atom. The van der Waals surface area contributed by atoms with Gasteiger partial charge in [0.25, 0.3) is 0 Å². The lowest BCUT2D eigenvalue weighted by atomic mass is 10.1. The molecule has 1 unspecified atom stereocenters. The highest BCUT2D eigenvalue weighted by atomic mass is 32.2. The van der Waals surface area contributed by atoms with Crippen molar-refractivity contribution < 1.29 is 8.42 Å². The van der Waals surface area contributed by atoms with Gasteiger partial charge < -0.3 is 0 Å². The fourth-order valence-corrected chi connectivity index (χ4v) is 3.32. The molecule has 70 valence electrons. The molecular weight excluding hydrogens is 188 g/mol. The maximum atomic E-state index is 11.2. The predicted molar refractivity (Wildman–Crippen MR) is 48.0 cm³/mol. The monoisotopic (exact) mass is 198 g/mol. The first-order valence-corrected chi connectivity index (χ1v) is 5.97. The zero-order chi connectivity index (χ0) is 9.31. The van der Waals surface area contributed by atoms with Crippen LogP contribution in [0.25, 0.3) is 0 Å². The number of nitrogens with zero attached hydrogens (tertiary/aromatic N) is 2. The van der Waals surface area contributed by atoms with E-state index in [0.29, 0.717) is 6.42 Å². The molecular formula is C8H10N2O2S. The smallest absolute Gasteiger partial charge is 0.151 e. The zero-order valence-electron chi connectivity index (χ0n) is 7.05. The Morgan fingerprint density at radius 2 is 2.31 bits per heavy atom. The maximum Gasteiger partial charge on any atom is 0.151 e. The Kier molecular flexibility index (Phi) is 2.03. The van der Waals surface area contributed by atoms with Crippen LogP contribution < -0.4 is 0 Å². The van der Waals surface area contributed by atoms with Crippen LogP contribution in [0, 0.1) is 0 Å². The highest BCUT2D eigenvalue weighted by Gasteiger charge is 2.29. The van der Waals surface area contributed by atoms with E-state index in [-0.39, 0.29) is 17.4 Å². The molecule has 1 aromatic rings. The summed E-state index contributed by atoms with van der Waals surface area (Å²) >= 11 is 0. The van der Waals surface area contributed by atoms with Crippen molar-refractivity contribution in [1.82, 2.24) is 10.2 Å². The second-order valence-corrected chi connectivity index (χ2v) is 5.48. The minimum atomic E-state index is -2.81. The van der Waals surface area contributed by atoms with Gasteiger partial charge in [-0.05, 0) is 18.6 Å². The summed E-state index contributed by atoms with van der Waals surface area (Å²) in [4.78, 5) is 0. The van der Waals surface area contributed by atoms with Gasteiger partial charge in [0, 0.05) is 12.1 Å². The lowest BCUT2D eigenvalue weighted by Gasteiger charge is -2.03. The molecule has 1 aliphatic heterocycles. The fraction of sp³-hybridized carbons (Fsp3) is 0.500. The summed E-state index contributed by atoms with van der Waals surface area (Å²) in [6.45, 7) is 0. The quantitative estimate of drug-likeness (QED) is 0.654. The van der Waals surface area contributed by atoms with Crippen molar-refractivity contribution in [2.24, 2.45) is 0 Å². The van der Waals surface area contributed by atoms with Crippen molar-refractivity contribution >= 4 is 9.84 Å². The first kappa shape index (κ1) is 8.62. The number of hydrogen-bond acceptors (Lipinski definition) is 4. The van der Waals surface area contributed by atoms with E-state index < -0.39 is 9.84 Å². The maximum absolute atomic E-state index is 11.2. The molecule has 0 radical (unpaired) electrons. The standard InChI is InChI=1S/C8H10N2O2S/c11-13(12)5-3-7(6-13)8-2-1-4-9-10-8/h1-2,4,7H,3,5-6H2. The molecule has 5 heteroatoms. The molecule has 0 aliphatic carbocycles. The summed E-state index contributed by atoms with van der Waals surface area (Å²) in [6.07, 6.45) is 2.27. The molecule has 0 bridgehead atoms.